The summed E-state index contributed by atoms with van der Waals surface area (Å²) < 4.78 is 0. The Hall–Kier alpha value is -2.69. The van der Waals surface area contributed by atoms with E-state index in [4.69, 9.17) is 0 Å². The van der Waals surface area contributed by atoms with Gasteiger partial charge in [-0.05, 0) is 25.1 Å². The number of hydrogen-bond donors (Lipinski definition) is 1. The van der Waals surface area contributed by atoms with Crippen LogP contribution in [-0.2, 0) is 0 Å². The van der Waals surface area contributed by atoms with E-state index in [9.17, 15) is 14.9 Å². The molecule has 0 saturated carbocycles. The Morgan fingerprint density at radius 1 is 1.05 bits per heavy atom. The van der Waals surface area contributed by atoms with E-state index in [1.165, 1.54) is 18.2 Å². The molecule has 0 aromatic heterocycles. The van der Waals surface area contributed by atoms with Gasteiger partial charge in [0.05, 0.1) is 4.92 Å². The third-order valence-corrected chi connectivity index (χ3v) is 2.65. The van der Waals surface area contributed by atoms with Gasteiger partial charge in [0.2, 0.25) is 0 Å². The summed E-state index contributed by atoms with van der Waals surface area (Å²) in [5.74, 6) is -0.490. The van der Waals surface area contributed by atoms with Crippen LogP contribution in [0.4, 0.5) is 11.4 Å². The highest BCUT2D eigenvalue weighted by atomic mass is 16.6. The number of anilines is 1. The fraction of sp³-hybridized carbons (Fsp3) is 0.188. The molecule has 2 aromatic rings. The Labute approximate surface area is 123 Å². The number of amides is 1. The van der Waals surface area contributed by atoms with Crippen molar-refractivity contribution in [3.63, 3.8) is 0 Å². The summed E-state index contributed by atoms with van der Waals surface area (Å²) in [5.41, 5.74) is 1.53. The van der Waals surface area contributed by atoms with Gasteiger partial charge in [-0.1, -0.05) is 43.7 Å². The topological polar surface area (TPSA) is 72.2 Å². The number of benzene rings is 2. The molecule has 1 N–H and O–H groups in total. The molecule has 0 saturated heterocycles. The van der Waals surface area contributed by atoms with Crippen molar-refractivity contribution < 1.29 is 9.72 Å². The number of nitrogens with zero attached hydrogens (tertiary/aromatic N) is 1. The van der Waals surface area contributed by atoms with Gasteiger partial charge in [0.15, 0.2) is 0 Å². The zero-order chi connectivity index (χ0) is 15.8. The van der Waals surface area contributed by atoms with Crippen LogP contribution in [0.15, 0.2) is 48.5 Å². The average Bonchev–Trinajstić information content (AvgIpc) is 2.51. The summed E-state index contributed by atoms with van der Waals surface area (Å²) in [4.78, 5) is 22.3. The molecule has 2 aromatic carbocycles. The number of hydrogen-bond acceptors (Lipinski definition) is 3. The molecule has 110 valence electrons. The fourth-order valence-electron chi connectivity index (χ4n) is 1.66. The molecule has 0 aliphatic heterocycles. The van der Waals surface area contributed by atoms with Gasteiger partial charge in [0.25, 0.3) is 11.6 Å². The molecule has 0 atom stereocenters. The summed E-state index contributed by atoms with van der Waals surface area (Å²) in [7, 11) is 0. The molecule has 0 unspecified atom stereocenters. The fourth-order valence-corrected chi connectivity index (χ4v) is 1.66. The number of nitro benzene ring substituents is 1. The second kappa shape index (κ2) is 7.79. The predicted molar refractivity (Wildman–Crippen MR) is 83.6 cm³/mol. The Morgan fingerprint density at radius 2 is 1.62 bits per heavy atom. The third-order valence-electron chi connectivity index (χ3n) is 2.65. The lowest BCUT2D eigenvalue weighted by atomic mass is 10.1. The largest absolute Gasteiger partial charge is 0.322 e. The number of para-hydroxylation sites is 1. The van der Waals surface area contributed by atoms with Gasteiger partial charge in [0, 0.05) is 11.8 Å². The zero-order valence-electron chi connectivity index (χ0n) is 12.3. The third kappa shape index (κ3) is 4.42. The van der Waals surface area contributed by atoms with E-state index < -0.39 is 10.8 Å². The van der Waals surface area contributed by atoms with Crippen LogP contribution in [0.1, 0.15) is 29.8 Å². The molecule has 2 rings (SSSR count). The molecule has 0 aliphatic rings. The number of carbonyl (C=O) groups is 1. The zero-order valence-corrected chi connectivity index (χ0v) is 12.3. The Kier molecular flexibility index (Phi) is 6.07. The van der Waals surface area contributed by atoms with Gasteiger partial charge in [-0.15, -0.1) is 0 Å². The maximum absolute atomic E-state index is 12.0. The first kappa shape index (κ1) is 16.4. The molecule has 0 aliphatic carbocycles. The van der Waals surface area contributed by atoms with E-state index in [0.29, 0.717) is 5.69 Å². The Bertz CT molecular complexity index is 622. The van der Waals surface area contributed by atoms with Gasteiger partial charge in [0.1, 0.15) is 5.56 Å². The second-order valence-corrected chi connectivity index (χ2v) is 4.09. The van der Waals surface area contributed by atoms with Crippen LogP contribution in [0.3, 0.4) is 0 Å². The van der Waals surface area contributed by atoms with Crippen LogP contribution < -0.4 is 5.32 Å². The molecule has 0 heterocycles. The van der Waals surface area contributed by atoms with Gasteiger partial charge in [-0.2, -0.15) is 0 Å². The number of rotatable bonds is 3. The van der Waals surface area contributed by atoms with Crippen molar-refractivity contribution in [1.82, 2.24) is 0 Å². The van der Waals surface area contributed by atoms with Crippen LogP contribution in [0.2, 0.25) is 0 Å². The highest BCUT2D eigenvalue weighted by Gasteiger charge is 2.18. The normalized spacial score (nSPS) is 9.29. The number of aryl methyl sites for hydroxylation is 1. The minimum Gasteiger partial charge on any atom is -0.322 e. The van der Waals surface area contributed by atoms with Crippen LogP contribution in [0.5, 0.6) is 0 Å². The van der Waals surface area contributed by atoms with Gasteiger partial charge < -0.3 is 5.32 Å². The molecule has 1 amide bonds. The summed E-state index contributed by atoms with van der Waals surface area (Å²) in [6, 6.07) is 13.1. The summed E-state index contributed by atoms with van der Waals surface area (Å²) in [6.07, 6.45) is 0. The van der Waals surface area contributed by atoms with E-state index in [1.807, 2.05) is 32.9 Å². The second-order valence-electron chi connectivity index (χ2n) is 4.09. The SMILES string of the molecule is CC.Cc1ccc(NC(=O)c2ccccc2[N+](=O)[O-])cc1. The van der Waals surface area contributed by atoms with Crippen molar-refractivity contribution in [2.75, 3.05) is 5.32 Å². The molecule has 0 fully saturated rings. The molecule has 0 radical (unpaired) electrons. The molecule has 21 heavy (non-hydrogen) atoms. The van der Waals surface area contributed by atoms with E-state index in [0.717, 1.165) is 5.56 Å². The van der Waals surface area contributed by atoms with Crippen LogP contribution in [0, 0.1) is 17.0 Å². The Balaban J connectivity index is 0.00000106. The Morgan fingerprint density at radius 3 is 2.19 bits per heavy atom. The minimum absolute atomic E-state index is 0.0491. The van der Waals surface area contributed by atoms with Crippen LogP contribution in [0.25, 0.3) is 0 Å². The lowest BCUT2D eigenvalue weighted by molar-refractivity contribution is -0.385. The van der Waals surface area contributed by atoms with Crippen LogP contribution >= 0.6 is 0 Å². The predicted octanol–water partition coefficient (Wildman–Crippen LogP) is 4.18. The van der Waals surface area contributed by atoms with Crippen molar-refractivity contribution in [3.8, 4) is 0 Å². The maximum atomic E-state index is 12.0. The van der Waals surface area contributed by atoms with Crippen molar-refractivity contribution in [2.45, 2.75) is 20.8 Å². The quantitative estimate of drug-likeness (QED) is 0.679. The van der Waals surface area contributed by atoms with E-state index in [-0.39, 0.29) is 11.3 Å². The smallest absolute Gasteiger partial charge is 0.282 e. The molecule has 0 bridgehead atoms. The van der Waals surface area contributed by atoms with Crippen molar-refractivity contribution in [3.05, 3.63) is 69.8 Å². The number of carbonyl (C=O) groups excluding carboxylic acids is 1. The standard InChI is InChI=1S/C14H12N2O3.C2H6/c1-10-6-8-11(9-7-10)15-14(17)12-4-2-3-5-13(12)16(18)19;1-2/h2-9H,1H3,(H,15,17);1-2H3. The molecule has 0 spiro atoms. The van der Waals surface area contributed by atoms with Crippen molar-refractivity contribution in [1.29, 1.82) is 0 Å². The lowest BCUT2D eigenvalue weighted by Crippen LogP contribution is -2.13. The van der Waals surface area contributed by atoms with Crippen LogP contribution in [-0.4, -0.2) is 10.8 Å². The number of nitrogens with one attached hydrogen (secondary N) is 1. The van der Waals surface area contributed by atoms with Crippen molar-refractivity contribution in [2.24, 2.45) is 0 Å². The summed E-state index contributed by atoms with van der Waals surface area (Å²) >= 11 is 0. The van der Waals surface area contributed by atoms with E-state index in [1.54, 1.807) is 18.2 Å². The first-order valence-electron chi connectivity index (χ1n) is 6.69. The minimum atomic E-state index is -0.565. The summed E-state index contributed by atoms with van der Waals surface area (Å²) in [6.45, 7) is 5.94. The highest BCUT2D eigenvalue weighted by molar-refractivity contribution is 6.07. The van der Waals surface area contributed by atoms with E-state index in [2.05, 4.69) is 5.32 Å². The first-order chi connectivity index (χ1) is 10.1. The maximum Gasteiger partial charge on any atom is 0.282 e. The molecular formula is C16H18N2O3. The van der Waals surface area contributed by atoms with Gasteiger partial charge in [-0.3, -0.25) is 14.9 Å². The summed E-state index contributed by atoms with van der Waals surface area (Å²) in [5, 5.41) is 13.5. The monoisotopic (exact) mass is 286 g/mol. The van der Waals surface area contributed by atoms with E-state index >= 15 is 0 Å². The molecule has 5 nitrogen and oxygen atoms in total. The molecular weight excluding hydrogens is 268 g/mol. The van der Waals surface area contributed by atoms with Gasteiger partial charge in [-0.25, -0.2) is 0 Å². The number of nitro groups is 1. The lowest BCUT2D eigenvalue weighted by Gasteiger charge is -2.06. The average molecular weight is 286 g/mol. The first-order valence-corrected chi connectivity index (χ1v) is 6.69. The molecule has 5 heteroatoms. The highest BCUT2D eigenvalue weighted by Crippen LogP contribution is 2.19. The van der Waals surface area contributed by atoms with Gasteiger partial charge >= 0.3 is 0 Å². The van der Waals surface area contributed by atoms with Crippen molar-refractivity contribution >= 4 is 17.3 Å².